The molecule has 2 amide bonds. The maximum Gasteiger partial charge on any atom is 0.255 e. The van der Waals surface area contributed by atoms with E-state index in [-0.39, 0.29) is 18.2 Å². The van der Waals surface area contributed by atoms with E-state index in [0.717, 1.165) is 5.56 Å². The van der Waals surface area contributed by atoms with Gasteiger partial charge in [0, 0.05) is 20.5 Å². The van der Waals surface area contributed by atoms with Crippen LogP contribution < -0.4 is 5.32 Å². The number of para-hydroxylation sites is 1. The van der Waals surface area contributed by atoms with Gasteiger partial charge in [-0.25, -0.2) is 0 Å². The maximum atomic E-state index is 12.2. The Kier molecular flexibility index (Phi) is 6.23. The lowest BCUT2D eigenvalue weighted by atomic mass is 10.1. The van der Waals surface area contributed by atoms with Gasteiger partial charge in [-0.15, -0.1) is 0 Å². The minimum absolute atomic E-state index is 0.163. The number of aryl methyl sites for hydroxylation is 1. The minimum Gasteiger partial charge on any atom is -0.345 e. The summed E-state index contributed by atoms with van der Waals surface area (Å²) in [6.45, 7) is 0. The number of hydrogen-bond donors (Lipinski definition) is 1. The molecule has 4 nitrogen and oxygen atoms in total. The number of hydrogen-bond acceptors (Lipinski definition) is 2. The molecule has 24 heavy (non-hydrogen) atoms. The molecule has 0 heterocycles. The molecule has 0 aliphatic heterocycles. The fourth-order valence-corrected chi connectivity index (χ4v) is 2.64. The van der Waals surface area contributed by atoms with Crippen LogP contribution in [0.5, 0.6) is 0 Å². The smallest absolute Gasteiger partial charge is 0.255 e. The van der Waals surface area contributed by atoms with Crippen LogP contribution in [0, 0.1) is 0 Å². The first-order chi connectivity index (χ1) is 11.4. The van der Waals surface area contributed by atoms with Crippen LogP contribution in [0.1, 0.15) is 22.3 Å². The predicted octanol–water partition coefficient (Wildman–Crippen LogP) is 4.27. The van der Waals surface area contributed by atoms with Crippen molar-refractivity contribution in [3.05, 3.63) is 63.6 Å². The Morgan fingerprint density at radius 3 is 2.46 bits per heavy atom. The van der Waals surface area contributed by atoms with Crippen LogP contribution in [0.3, 0.4) is 0 Å². The van der Waals surface area contributed by atoms with Crippen molar-refractivity contribution < 1.29 is 9.59 Å². The Labute approximate surface area is 151 Å². The van der Waals surface area contributed by atoms with Gasteiger partial charge < -0.3 is 10.2 Å². The van der Waals surface area contributed by atoms with Crippen molar-refractivity contribution in [2.24, 2.45) is 0 Å². The maximum absolute atomic E-state index is 12.2. The number of rotatable bonds is 5. The lowest BCUT2D eigenvalue weighted by Crippen LogP contribution is -2.24. The normalized spacial score (nSPS) is 10.3. The molecule has 6 heteroatoms. The standard InChI is InChI=1S/C18H18Cl2N2O2/c1-22(2)18(24)13-7-3-4-9-15(13)21-16(23)11-10-12-6-5-8-14(19)17(12)20/h3-9H,10-11H2,1-2H3,(H,21,23). The van der Waals surface area contributed by atoms with Crippen molar-refractivity contribution in [3.63, 3.8) is 0 Å². The molecule has 0 unspecified atom stereocenters. The highest BCUT2D eigenvalue weighted by Gasteiger charge is 2.15. The third-order valence-electron chi connectivity index (χ3n) is 3.49. The summed E-state index contributed by atoms with van der Waals surface area (Å²) < 4.78 is 0. The molecule has 0 aliphatic carbocycles. The summed E-state index contributed by atoms with van der Waals surface area (Å²) >= 11 is 12.1. The first kappa shape index (κ1) is 18.3. The largest absolute Gasteiger partial charge is 0.345 e. The third-order valence-corrected chi connectivity index (χ3v) is 4.35. The topological polar surface area (TPSA) is 49.4 Å². The van der Waals surface area contributed by atoms with Crippen LogP contribution in [0.4, 0.5) is 5.69 Å². The molecule has 2 aromatic carbocycles. The summed E-state index contributed by atoms with van der Waals surface area (Å²) in [5.41, 5.74) is 1.77. The number of halogens is 2. The zero-order chi connectivity index (χ0) is 17.7. The second kappa shape index (κ2) is 8.18. The quantitative estimate of drug-likeness (QED) is 0.861. The Balaban J connectivity index is 2.05. The van der Waals surface area contributed by atoms with E-state index in [1.807, 2.05) is 6.07 Å². The fraction of sp³-hybridized carbons (Fsp3) is 0.222. The van der Waals surface area contributed by atoms with Gasteiger partial charge in [-0.05, 0) is 30.2 Å². The van der Waals surface area contributed by atoms with Gasteiger partial charge in [0.15, 0.2) is 0 Å². The highest BCUT2D eigenvalue weighted by Crippen LogP contribution is 2.26. The molecular weight excluding hydrogens is 347 g/mol. The van der Waals surface area contributed by atoms with Gasteiger partial charge in [-0.2, -0.15) is 0 Å². The average Bonchev–Trinajstić information content (AvgIpc) is 2.56. The molecule has 0 atom stereocenters. The molecule has 0 radical (unpaired) electrons. The van der Waals surface area contributed by atoms with Gasteiger partial charge in [0.2, 0.25) is 5.91 Å². The Morgan fingerprint density at radius 1 is 1.04 bits per heavy atom. The summed E-state index contributed by atoms with van der Waals surface area (Å²) in [5.74, 6) is -0.353. The zero-order valence-corrected chi connectivity index (χ0v) is 15.0. The van der Waals surface area contributed by atoms with Crippen LogP contribution in [0.25, 0.3) is 0 Å². The van der Waals surface area contributed by atoms with Gasteiger partial charge in [-0.3, -0.25) is 9.59 Å². The number of amides is 2. The van der Waals surface area contributed by atoms with E-state index in [1.165, 1.54) is 4.90 Å². The van der Waals surface area contributed by atoms with E-state index < -0.39 is 0 Å². The molecule has 1 N–H and O–H groups in total. The summed E-state index contributed by atoms with van der Waals surface area (Å²) in [7, 11) is 3.34. The van der Waals surface area contributed by atoms with Gasteiger partial charge in [0.1, 0.15) is 0 Å². The summed E-state index contributed by atoms with van der Waals surface area (Å²) in [6.07, 6.45) is 0.708. The van der Waals surface area contributed by atoms with E-state index in [1.54, 1.807) is 50.5 Å². The zero-order valence-electron chi connectivity index (χ0n) is 13.5. The van der Waals surface area contributed by atoms with Gasteiger partial charge in [-0.1, -0.05) is 47.5 Å². The van der Waals surface area contributed by atoms with E-state index in [0.29, 0.717) is 27.7 Å². The molecule has 0 aliphatic rings. The second-order valence-electron chi connectivity index (χ2n) is 5.51. The van der Waals surface area contributed by atoms with E-state index in [2.05, 4.69) is 5.32 Å². The van der Waals surface area contributed by atoms with Crippen LogP contribution in [-0.2, 0) is 11.2 Å². The number of benzene rings is 2. The average molecular weight is 365 g/mol. The molecule has 126 valence electrons. The van der Waals surface area contributed by atoms with Crippen molar-refractivity contribution in [1.29, 1.82) is 0 Å². The molecule has 2 rings (SSSR count). The molecular formula is C18H18Cl2N2O2. The van der Waals surface area contributed by atoms with Crippen LogP contribution in [0.2, 0.25) is 10.0 Å². The molecule has 0 fully saturated rings. The fourth-order valence-electron chi connectivity index (χ4n) is 2.22. The van der Waals surface area contributed by atoms with Gasteiger partial charge in [0.05, 0.1) is 21.3 Å². The Bertz CT molecular complexity index is 760. The number of nitrogens with zero attached hydrogens (tertiary/aromatic N) is 1. The third kappa shape index (κ3) is 4.49. The Hall–Kier alpha value is -2.04. The van der Waals surface area contributed by atoms with Crippen molar-refractivity contribution in [3.8, 4) is 0 Å². The molecule has 0 aromatic heterocycles. The van der Waals surface area contributed by atoms with Crippen molar-refractivity contribution in [2.45, 2.75) is 12.8 Å². The number of carbonyl (C=O) groups excluding carboxylic acids is 2. The number of carbonyl (C=O) groups is 2. The van der Waals surface area contributed by atoms with Crippen LogP contribution >= 0.6 is 23.2 Å². The van der Waals surface area contributed by atoms with Gasteiger partial charge in [0.25, 0.3) is 5.91 Å². The monoisotopic (exact) mass is 364 g/mol. The summed E-state index contributed by atoms with van der Waals surface area (Å²) in [6, 6.07) is 12.3. The van der Waals surface area contributed by atoms with E-state index >= 15 is 0 Å². The second-order valence-corrected chi connectivity index (χ2v) is 6.29. The molecule has 2 aromatic rings. The first-order valence-corrected chi connectivity index (χ1v) is 8.19. The van der Waals surface area contributed by atoms with E-state index in [9.17, 15) is 9.59 Å². The number of nitrogens with one attached hydrogen (secondary N) is 1. The van der Waals surface area contributed by atoms with Crippen LogP contribution in [-0.4, -0.2) is 30.8 Å². The first-order valence-electron chi connectivity index (χ1n) is 7.43. The highest BCUT2D eigenvalue weighted by molar-refractivity contribution is 6.42. The summed E-state index contributed by atoms with van der Waals surface area (Å²) in [5, 5.41) is 3.72. The molecule has 0 spiro atoms. The SMILES string of the molecule is CN(C)C(=O)c1ccccc1NC(=O)CCc1cccc(Cl)c1Cl. The summed E-state index contributed by atoms with van der Waals surface area (Å²) in [4.78, 5) is 25.8. The van der Waals surface area contributed by atoms with Gasteiger partial charge >= 0.3 is 0 Å². The van der Waals surface area contributed by atoms with Crippen molar-refractivity contribution >= 4 is 40.7 Å². The highest BCUT2D eigenvalue weighted by atomic mass is 35.5. The number of anilines is 1. The Morgan fingerprint density at radius 2 is 1.75 bits per heavy atom. The lowest BCUT2D eigenvalue weighted by Gasteiger charge is -2.14. The van der Waals surface area contributed by atoms with Crippen molar-refractivity contribution in [2.75, 3.05) is 19.4 Å². The van der Waals surface area contributed by atoms with Crippen molar-refractivity contribution in [1.82, 2.24) is 4.90 Å². The molecule has 0 bridgehead atoms. The molecule has 0 saturated carbocycles. The lowest BCUT2D eigenvalue weighted by molar-refractivity contribution is -0.116. The van der Waals surface area contributed by atoms with E-state index in [4.69, 9.17) is 23.2 Å². The van der Waals surface area contributed by atoms with Crippen LogP contribution in [0.15, 0.2) is 42.5 Å². The minimum atomic E-state index is -0.190. The molecule has 0 saturated heterocycles. The predicted molar refractivity (Wildman–Crippen MR) is 97.9 cm³/mol.